The second kappa shape index (κ2) is 4.18. The molecule has 0 saturated heterocycles. The molecule has 1 aromatic carbocycles. The molecule has 96 valence electrons. The van der Waals surface area contributed by atoms with E-state index in [9.17, 15) is 0 Å². The average Bonchev–Trinajstić information content (AvgIpc) is 3.00. The third kappa shape index (κ3) is 1.79. The summed E-state index contributed by atoms with van der Waals surface area (Å²) in [6, 6.07) is 6.10. The molecule has 0 aliphatic carbocycles. The van der Waals surface area contributed by atoms with Crippen LogP contribution in [0.4, 0.5) is 0 Å². The van der Waals surface area contributed by atoms with Crippen LogP contribution in [-0.2, 0) is 13.0 Å². The molecule has 0 atom stereocenters. The minimum absolute atomic E-state index is 0.849. The van der Waals surface area contributed by atoms with Crippen molar-refractivity contribution in [3.63, 3.8) is 0 Å². The van der Waals surface area contributed by atoms with E-state index in [1.807, 2.05) is 12.1 Å². The molecular weight excluding hydrogens is 306 g/mol. The zero-order valence-electron chi connectivity index (χ0n) is 10.1. The first-order valence-electron chi connectivity index (χ1n) is 6.24. The number of benzene rings is 1. The van der Waals surface area contributed by atoms with E-state index in [-0.39, 0.29) is 0 Å². The van der Waals surface area contributed by atoms with Crippen LogP contribution < -0.4 is 5.32 Å². The number of nitrogens with zero attached hydrogens (tertiary/aromatic N) is 2. The van der Waals surface area contributed by atoms with Crippen LogP contribution in [-0.4, -0.2) is 26.7 Å². The summed E-state index contributed by atoms with van der Waals surface area (Å²) in [5.41, 5.74) is 4.23. The minimum Gasteiger partial charge on any atom is -0.339 e. The number of fused-ring (bicyclic) bond motifs is 2. The van der Waals surface area contributed by atoms with Gasteiger partial charge in [-0.3, -0.25) is 5.10 Å². The lowest BCUT2D eigenvalue weighted by molar-refractivity contribution is 0.627. The smallest absolute Gasteiger partial charge is 0.159 e. The van der Waals surface area contributed by atoms with Gasteiger partial charge >= 0.3 is 0 Å². The Labute approximate surface area is 118 Å². The number of halogens is 1. The molecule has 2 aromatic heterocycles. The lowest BCUT2D eigenvalue weighted by atomic mass is 10.2. The largest absolute Gasteiger partial charge is 0.339 e. The standard InChI is InChI=1S/C13H12BrN5/c14-7-1-2-8-10(5-7)18-19-12(8)13-16-9-3-4-15-6-11(9)17-13/h1-2,5,15H,3-4,6H2,(H,16,17)(H,18,19). The Bertz CT molecular complexity index is 734. The van der Waals surface area contributed by atoms with Crippen LogP contribution >= 0.6 is 15.9 Å². The molecule has 4 rings (SSSR count). The van der Waals surface area contributed by atoms with Crippen LogP contribution in [0.15, 0.2) is 22.7 Å². The third-order valence-electron chi connectivity index (χ3n) is 3.45. The van der Waals surface area contributed by atoms with Crippen molar-refractivity contribution in [1.82, 2.24) is 25.5 Å². The number of nitrogens with one attached hydrogen (secondary N) is 3. The normalized spacial score (nSPS) is 14.8. The molecule has 19 heavy (non-hydrogen) atoms. The van der Waals surface area contributed by atoms with Crippen LogP contribution in [0.3, 0.4) is 0 Å². The van der Waals surface area contributed by atoms with E-state index in [4.69, 9.17) is 0 Å². The van der Waals surface area contributed by atoms with E-state index >= 15 is 0 Å². The van der Waals surface area contributed by atoms with Gasteiger partial charge in [-0.05, 0) is 18.2 Å². The van der Waals surface area contributed by atoms with Gasteiger partial charge in [0.25, 0.3) is 0 Å². The molecule has 0 spiro atoms. The van der Waals surface area contributed by atoms with Crippen molar-refractivity contribution in [1.29, 1.82) is 0 Å². The number of hydrogen-bond donors (Lipinski definition) is 3. The first-order valence-corrected chi connectivity index (χ1v) is 7.03. The summed E-state index contributed by atoms with van der Waals surface area (Å²) in [5, 5.41) is 11.9. The summed E-state index contributed by atoms with van der Waals surface area (Å²) < 4.78 is 1.04. The highest BCUT2D eigenvalue weighted by molar-refractivity contribution is 9.10. The van der Waals surface area contributed by atoms with E-state index in [2.05, 4.69) is 47.5 Å². The third-order valence-corrected chi connectivity index (χ3v) is 3.95. The molecule has 3 heterocycles. The van der Waals surface area contributed by atoms with Crippen molar-refractivity contribution in [2.24, 2.45) is 0 Å². The Morgan fingerprint density at radius 3 is 3.11 bits per heavy atom. The van der Waals surface area contributed by atoms with Gasteiger partial charge in [0.2, 0.25) is 0 Å². The first-order chi connectivity index (χ1) is 9.31. The van der Waals surface area contributed by atoms with Crippen molar-refractivity contribution in [3.8, 4) is 11.5 Å². The molecule has 0 amide bonds. The van der Waals surface area contributed by atoms with E-state index in [0.717, 1.165) is 52.1 Å². The molecule has 3 N–H and O–H groups in total. The van der Waals surface area contributed by atoms with Gasteiger partial charge < -0.3 is 10.3 Å². The Hall–Kier alpha value is -1.66. The SMILES string of the molecule is Brc1ccc2c(-c3nc4c([nH]3)CNCC4)n[nH]c2c1. The van der Waals surface area contributed by atoms with Gasteiger partial charge in [0, 0.05) is 29.4 Å². The van der Waals surface area contributed by atoms with Gasteiger partial charge in [-0.15, -0.1) is 0 Å². The predicted octanol–water partition coefficient (Wildman–Crippen LogP) is 2.36. The van der Waals surface area contributed by atoms with Crippen molar-refractivity contribution in [3.05, 3.63) is 34.1 Å². The zero-order valence-corrected chi connectivity index (χ0v) is 11.7. The fraction of sp³-hybridized carbons (Fsp3) is 0.231. The Morgan fingerprint density at radius 2 is 2.21 bits per heavy atom. The molecule has 0 bridgehead atoms. The summed E-state index contributed by atoms with van der Waals surface area (Å²) in [4.78, 5) is 8.05. The maximum absolute atomic E-state index is 4.68. The molecule has 5 nitrogen and oxygen atoms in total. The van der Waals surface area contributed by atoms with Crippen molar-refractivity contribution < 1.29 is 0 Å². The number of aromatic amines is 2. The maximum Gasteiger partial charge on any atom is 0.159 e. The molecule has 3 aromatic rings. The minimum atomic E-state index is 0.849. The highest BCUT2D eigenvalue weighted by atomic mass is 79.9. The van der Waals surface area contributed by atoms with E-state index in [0.29, 0.717) is 0 Å². The lowest BCUT2D eigenvalue weighted by Gasteiger charge is -2.09. The molecule has 0 fully saturated rings. The maximum atomic E-state index is 4.68. The second-order valence-electron chi connectivity index (χ2n) is 4.70. The number of imidazole rings is 1. The number of aromatic nitrogens is 4. The molecule has 0 radical (unpaired) electrons. The van der Waals surface area contributed by atoms with Crippen LogP contribution in [0.25, 0.3) is 22.4 Å². The quantitative estimate of drug-likeness (QED) is 0.645. The number of H-pyrrole nitrogens is 2. The zero-order chi connectivity index (χ0) is 12.8. The van der Waals surface area contributed by atoms with Crippen molar-refractivity contribution in [2.75, 3.05) is 6.54 Å². The topological polar surface area (TPSA) is 69.4 Å². The second-order valence-corrected chi connectivity index (χ2v) is 5.62. The van der Waals surface area contributed by atoms with E-state index < -0.39 is 0 Å². The highest BCUT2D eigenvalue weighted by Crippen LogP contribution is 2.27. The highest BCUT2D eigenvalue weighted by Gasteiger charge is 2.17. The summed E-state index contributed by atoms with van der Waals surface area (Å²) >= 11 is 3.46. The summed E-state index contributed by atoms with van der Waals surface area (Å²) in [6.07, 6.45) is 0.972. The van der Waals surface area contributed by atoms with Crippen LogP contribution in [0.1, 0.15) is 11.4 Å². The summed E-state index contributed by atoms with van der Waals surface area (Å²) in [5.74, 6) is 0.849. The van der Waals surface area contributed by atoms with E-state index in [1.165, 1.54) is 5.69 Å². The molecule has 6 heteroatoms. The van der Waals surface area contributed by atoms with Gasteiger partial charge in [-0.1, -0.05) is 15.9 Å². The Morgan fingerprint density at radius 1 is 1.26 bits per heavy atom. The predicted molar refractivity (Wildman–Crippen MR) is 76.8 cm³/mol. The molecular formula is C13H12BrN5. The van der Waals surface area contributed by atoms with Gasteiger partial charge in [-0.25, -0.2) is 4.98 Å². The number of hydrogen-bond acceptors (Lipinski definition) is 3. The lowest BCUT2D eigenvalue weighted by Crippen LogP contribution is -2.23. The van der Waals surface area contributed by atoms with Gasteiger partial charge in [0.15, 0.2) is 5.82 Å². The van der Waals surface area contributed by atoms with Crippen molar-refractivity contribution in [2.45, 2.75) is 13.0 Å². The first kappa shape index (κ1) is 11.2. The molecule has 1 aliphatic heterocycles. The average molecular weight is 318 g/mol. The monoisotopic (exact) mass is 317 g/mol. The molecule has 0 saturated carbocycles. The van der Waals surface area contributed by atoms with Crippen LogP contribution in [0.2, 0.25) is 0 Å². The fourth-order valence-electron chi connectivity index (χ4n) is 2.50. The summed E-state index contributed by atoms with van der Waals surface area (Å²) in [7, 11) is 0. The fourth-order valence-corrected chi connectivity index (χ4v) is 2.86. The van der Waals surface area contributed by atoms with Crippen LogP contribution in [0.5, 0.6) is 0 Å². The Kier molecular flexibility index (Phi) is 2.46. The molecule has 1 aliphatic rings. The van der Waals surface area contributed by atoms with E-state index in [1.54, 1.807) is 0 Å². The van der Waals surface area contributed by atoms with Crippen molar-refractivity contribution >= 4 is 26.8 Å². The molecule has 0 unspecified atom stereocenters. The van der Waals surface area contributed by atoms with Gasteiger partial charge in [0.1, 0.15) is 5.69 Å². The number of rotatable bonds is 1. The van der Waals surface area contributed by atoms with Gasteiger partial charge in [-0.2, -0.15) is 5.10 Å². The van der Waals surface area contributed by atoms with Crippen LogP contribution in [0, 0.1) is 0 Å². The Balaban J connectivity index is 1.87. The summed E-state index contributed by atoms with van der Waals surface area (Å²) in [6.45, 7) is 1.85. The van der Waals surface area contributed by atoms with Gasteiger partial charge in [0.05, 0.1) is 16.9 Å².